The van der Waals surface area contributed by atoms with Crippen LogP contribution in [0.25, 0.3) is 0 Å². The van der Waals surface area contributed by atoms with Gasteiger partial charge in [-0.2, -0.15) is 0 Å². The molecule has 1 N–H and O–H groups in total. The van der Waals surface area contributed by atoms with Crippen LogP contribution in [0.2, 0.25) is 0 Å². The van der Waals surface area contributed by atoms with Crippen LogP contribution in [0.15, 0.2) is 30.5 Å². The minimum absolute atomic E-state index is 0.0428. The number of carboxylic acid groups (broad SMARTS) is 1. The Balaban J connectivity index is 1.73. The summed E-state index contributed by atoms with van der Waals surface area (Å²) in [5.41, 5.74) is 2.20. The molecule has 0 spiro atoms. The molecule has 0 bridgehead atoms. The van der Waals surface area contributed by atoms with Gasteiger partial charge >= 0.3 is 5.97 Å². The third-order valence-corrected chi connectivity index (χ3v) is 5.79. The molecule has 0 amide bonds. The van der Waals surface area contributed by atoms with Crippen LogP contribution in [0, 0.1) is 11.8 Å². The first-order chi connectivity index (χ1) is 12.5. The Labute approximate surface area is 155 Å². The van der Waals surface area contributed by atoms with E-state index in [0.29, 0.717) is 5.75 Å². The van der Waals surface area contributed by atoms with Gasteiger partial charge in [0.15, 0.2) is 11.5 Å². The number of carboxylic acids is 1. The van der Waals surface area contributed by atoms with Crippen molar-refractivity contribution >= 4 is 5.97 Å². The monoisotopic (exact) mass is 359 g/mol. The smallest absolute Gasteiger partial charge is 0.307 e. The molecule has 2 aliphatic rings. The molecular formula is C21H29NO4. The van der Waals surface area contributed by atoms with Gasteiger partial charge in [-0.05, 0) is 55.2 Å². The van der Waals surface area contributed by atoms with Crippen molar-refractivity contribution in [3.8, 4) is 11.5 Å². The van der Waals surface area contributed by atoms with Crippen molar-refractivity contribution in [2.45, 2.75) is 45.4 Å². The highest BCUT2D eigenvalue weighted by Crippen LogP contribution is 2.40. The van der Waals surface area contributed by atoms with Crippen molar-refractivity contribution in [2.24, 2.45) is 11.8 Å². The summed E-state index contributed by atoms with van der Waals surface area (Å²) in [5.74, 6) is 0.343. The Kier molecular flexibility index (Phi) is 5.74. The van der Waals surface area contributed by atoms with Crippen LogP contribution in [0.3, 0.4) is 0 Å². The molecule has 5 heteroatoms. The number of aliphatic carboxylic acids is 1. The number of nitrogens with zero attached hydrogens (tertiary/aromatic N) is 1. The van der Waals surface area contributed by atoms with Gasteiger partial charge in [0.05, 0.1) is 5.92 Å². The number of fused-ring (bicyclic) bond motifs is 1. The fraction of sp³-hybridized carbons (Fsp3) is 0.571. The first kappa shape index (κ1) is 18.6. The highest BCUT2D eigenvalue weighted by atomic mass is 16.7. The predicted molar refractivity (Wildman–Crippen MR) is 100 cm³/mol. The lowest BCUT2D eigenvalue weighted by atomic mass is 9.76. The lowest BCUT2D eigenvalue weighted by Gasteiger charge is -2.30. The fourth-order valence-electron chi connectivity index (χ4n) is 4.25. The largest absolute Gasteiger partial charge is 0.481 e. The average Bonchev–Trinajstić information content (AvgIpc) is 3.24. The van der Waals surface area contributed by atoms with Crippen molar-refractivity contribution in [2.75, 3.05) is 19.9 Å². The van der Waals surface area contributed by atoms with Gasteiger partial charge in [-0.15, -0.1) is 0 Å². The second-order valence-corrected chi connectivity index (χ2v) is 7.41. The Hall–Kier alpha value is -2.17. The van der Waals surface area contributed by atoms with Gasteiger partial charge in [0, 0.05) is 18.8 Å². The van der Waals surface area contributed by atoms with Crippen LogP contribution in [-0.4, -0.2) is 35.9 Å². The van der Waals surface area contributed by atoms with E-state index in [1.807, 2.05) is 18.2 Å². The number of hydrogen-bond donors (Lipinski definition) is 1. The van der Waals surface area contributed by atoms with Gasteiger partial charge in [-0.1, -0.05) is 26.5 Å². The third kappa shape index (κ3) is 3.81. The SMILES string of the molecule is C=C1CCCN1CCC(C)[C@H](C(=O)O)C(CC)c1ccc2c(c1)OCO2. The zero-order valence-electron chi connectivity index (χ0n) is 15.7. The van der Waals surface area contributed by atoms with Gasteiger partial charge in [-0.25, -0.2) is 0 Å². The topological polar surface area (TPSA) is 59.0 Å². The van der Waals surface area contributed by atoms with Gasteiger partial charge in [0.25, 0.3) is 0 Å². The first-order valence-electron chi connectivity index (χ1n) is 9.56. The van der Waals surface area contributed by atoms with E-state index in [1.165, 1.54) is 5.70 Å². The second kappa shape index (κ2) is 8.02. The van der Waals surface area contributed by atoms with E-state index in [2.05, 4.69) is 25.3 Å². The van der Waals surface area contributed by atoms with Gasteiger partial charge < -0.3 is 19.5 Å². The van der Waals surface area contributed by atoms with E-state index in [9.17, 15) is 9.90 Å². The molecule has 3 rings (SSSR count). The Morgan fingerprint density at radius 2 is 2.12 bits per heavy atom. The molecular weight excluding hydrogens is 330 g/mol. The maximum atomic E-state index is 12.1. The first-order valence-corrected chi connectivity index (χ1v) is 9.56. The molecule has 5 nitrogen and oxygen atoms in total. The summed E-state index contributed by atoms with van der Waals surface area (Å²) in [6.07, 6.45) is 3.85. The van der Waals surface area contributed by atoms with Crippen LogP contribution in [0.5, 0.6) is 11.5 Å². The molecule has 1 aromatic rings. The lowest BCUT2D eigenvalue weighted by Crippen LogP contribution is -2.31. The van der Waals surface area contributed by atoms with Crippen LogP contribution in [0.4, 0.5) is 0 Å². The summed E-state index contributed by atoms with van der Waals surface area (Å²) in [4.78, 5) is 14.4. The maximum absolute atomic E-state index is 12.1. The van der Waals surface area contributed by atoms with Gasteiger partial charge in [-0.3, -0.25) is 4.79 Å². The van der Waals surface area contributed by atoms with E-state index in [-0.39, 0.29) is 18.6 Å². The quantitative estimate of drug-likeness (QED) is 0.752. The third-order valence-electron chi connectivity index (χ3n) is 5.79. The minimum atomic E-state index is -0.720. The predicted octanol–water partition coefficient (Wildman–Crippen LogP) is 4.25. The molecule has 0 saturated carbocycles. The molecule has 0 aliphatic carbocycles. The van der Waals surface area contributed by atoms with E-state index in [1.54, 1.807) is 0 Å². The highest BCUT2D eigenvalue weighted by Gasteiger charge is 2.34. The van der Waals surface area contributed by atoms with E-state index in [4.69, 9.17) is 9.47 Å². The summed E-state index contributed by atoms with van der Waals surface area (Å²) < 4.78 is 10.9. The summed E-state index contributed by atoms with van der Waals surface area (Å²) in [5, 5.41) is 9.96. The molecule has 142 valence electrons. The molecule has 2 unspecified atom stereocenters. The van der Waals surface area contributed by atoms with Crippen molar-refractivity contribution in [3.63, 3.8) is 0 Å². The Bertz CT molecular complexity index is 672. The maximum Gasteiger partial charge on any atom is 0.307 e. The molecule has 1 aromatic carbocycles. The molecule has 2 heterocycles. The molecule has 2 aliphatic heterocycles. The van der Waals surface area contributed by atoms with Crippen LogP contribution in [0.1, 0.15) is 51.0 Å². The second-order valence-electron chi connectivity index (χ2n) is 7.41. The molecule has 26 heavy (non-hydrogen) atoms. The van der Waals surface area contributed by atoms with E-state index in [0.717, 1.165) is 50.1 Å². The summed E-state index contributed by atoms with van der Waals surface area (Å²) in [7, 11) is 0. The Morgan fingerprint density at radius 1 is 1.35 bits per heavy atom. The van der Waals surface area contributed by atoms with Crippen molar-refractivity contribution in [1.82, 2.24) is 4.90 Å². The van der Waals surface area contributed by atoms with E-state index >= 15 is 0 Å². The van der Waals surface area contributed by atoms with Crippen molar-refractivity contribution < 1.29 is 19.4 Å². The minimum Gasteiger partial charge on any atom is -0.481 e. The van der Waals surface area contributed by atoms with Crippen molar-refractivity contribution in [3.05, 3.63) is 36.0 Å². The van der Waals surface area contributed by atoms with Crippen LogP contribution in [-0.2, 0) is 4.79 Å². The number of likely N-dealkylation sites (tertiary alicyclic amines) is 1. The summed E-state index contributed by atoms with van der Waals surface area (Å²) in [6, 6.07) is 5.81. The summed E-state index contributed by atoms with van der Waals surface area (Å²) in [6.45, 7) is 10.4. The number of ether oxygens (including phenoxy) is 2. The van der Waals surface area contributed by atoms with Crippen molar-refractivity contribution in [1.29, 1.82) is 0 Å². The number of carbonyl (C=O) groups is 1. The van der Waals surface area contributed by atoms with Gasteiger partial charge in [0.2, 0.25) is 6.79 Å². The standard InChI is InChI=1S/C21H29NO4/c1-4-17(16-7-8-18-19(12-16)26-13-25-18)20(21(23)24)14(2)9-11-22-10-5-6-15(22)3/h7-8,12,14,17,20H,3-6,9-11,13H2,1-2H3,(H,23,24)/t14?,17?,20-/m0/s1. The number of benzene rings is 1. The van der Waals surface area contributed by atoms with Crippen LogP contribution < -0.4 is 9.47 Å². The number of rotatable bonds is 8. The molecule has 0 aromatic heterocycles. The molecule has 3 atom stereocenters. The van der Waals surface area contributed by atoms with Crippen LogP contribution >= 0.6 is 0 Å². The summed E-state index contributed by atoms with van der Waals surface area (Å²) >= 11 is 0. The normalized spacial score (nSPS) is 19.5. The molecule has 1 saturated heterocycles. The fourth-order valence-corrected chi connectivity index (χ4v) is 4.25. The zero-order chi connectivity index (χ0) is 18.7. The Morgan fingerprint density at radius 3 is 2.77 bits per heavy atom. The zero-order valence-corrected chi connectivity index (χ0v) is 15.7. The van der Waals surface area contributed by atoms with E-state index < -0.39 is 11.9 Å². The highest BCUT2D eigenvalue weighted by molar-refractivity contribution is 5.72. The number of allylic oxidation sites excluding steroid dienone is 1. The molecule has 1 fully saturated rings. The molecule has 0 radical (unpaired) electrons. The lowest BCUT2D eigenvalue weighted by molar-refractivity contribution is -0.144. The number of hydrogen-bond acceptors (Lipinski definition) is 4. The van der Waals surface area contributed by atoms with Gasteiger partial charge in [0.1, 0.15) is 0 Å². The average molecular weight is 359 g/mol.